The second-order valence-corrected chi connectivity index (χ2v) is 4.81. The average Bonchev–Trinajstić information content (AvgIpc) is 2.77. The maximum Gasteiger partial charge on any atom is 0.335 e. The van der Waals surface area contributed by atoms with Crippen molar-refractivity contribution >= 4 is 11.9 Å². The summed E-state index contributed by atoms with van der Waals surface area (Å²) >= 11 is 0. The summed E-state index contributed by atoms with van der Waals surface area (Å²) in [5, 5.41) is 8.84. The third-order valence-electron chi connectivity index (χ3n) is 3.07. The van der Waals surface area contributed by atoms with Gasteiger partial charge in [0.1, 0.15) is 0 Å². The third kappa shape index (κ3) is 3.28. The molecule has 1 aromatic carbocycles. The minimum Gasteiger partial charge on any atom is -0.478 e. The standard InChI is InChI=1S/C15H16N2O4/c1-9-13(21-10(2)16-9)14(18)17(3)8-11-4-6-12(7-5-11)15(19)20/h4-7H,8H2,1-3H3,(H,19,20). The molecule has 0 spiro atoms. The van der Waals surface area contributed by atoms with E-state index in [2.05, 4.69) is 4.98 Å². The number of carbonyl (C=O) groups is 2. The minimum atomic E-state index is -0.973. The number of hydrogen-bond donors (Lipinski definition) is 1. The Balaban J connectivity index is 2.10. The number of rotatable bonds is 4. The second kappa shape index (κ2) is 5.78. The largest absolute Gasteiger partial charge is 0.478 e. The van der Waals surface area contributed by atoms with Gasteiger partial charge in [-0.05, 0) is 24.6 Å². The quantitative estimate of drug-likeness (QED) is 0.933. The van der Waals surface area contributed by atoms with Gasteiger partial charge in [-0.2, -0.15) is 0 Å². The average molecular weight is 288 g/mol. The van der Waals surface area contributed by atoms with Gasteiger partial charge in [0.2, 0.25) is 5.76 Å². The maximum atomic E-state index is 12.3. The van der Waals surface area contributed by atoms with Crippen LogP contribution in [0.1, 0.15) is 38.1 Å². The Bertz CT molecular complexity index is 673. The first-order valence-corrected chi connectivity index (χ1v) is 6.40. The molecule has 21 heavy (non-hydrogen) atoms. The number of aromatic nitrogens is 1. The van der Waals surface area contributed by atoms with E-state index in [4.69, 9.17) is 9.52 Å². The molecule has 0 aliphatic rings. The van der Waals surface area contributed by atoms with Crippen LogP contribution < -0.4 is 0 Å². The second-order valence-electron chi connectivity index (χ2n) is 4.81. The maximum absolute atomic E-state index is 12.3. The first-order valence-electron chi connectivity index (χ1n) is 6.40. The van der Waals surface area contributed by atoms with Crippen molar-refractivity contribution in [2.45, 2.75) is 20.4 Å². The Hall–Kier alpha value is -2.63. The lowest BCUT2D eigenvalue weighted by Crippen LogP contribution is -2.26. The Kier molecular flexibility index (Phi) is 4.07. The lowest BCUT2D eigenvalue weighted by atomic mass is 10.1. The molecule has 0 aliphatic heterocycles. The third-order valence-corrected chi connectivity index (χ3v) is 3.07. The molecule has 0 aliphatic carbocycles. The van der Waals surface area contributed by atoms with E-state index in [1.165, 1.54) is 17.0 Å². The summed E-state index contributed by atoms with van der Waals surface area (Å²) in [6.07, 6.45) is 0. The molecular weight excluding hydrogens is 272 g/mol. The van der Waals surface area contributed by atoms with E-state index in [1.54, 1.807) is 33.0 Å². The molecule has 6 heteroatoms. The molecule has 1 heterocycles. The molecule has 0 saturated heterocycles. The van der Waals surface area contributed by atoms with E-state index in [1.807, 2.05) is 0 Å². The molecule has 1 amide bonds. The molecular formula is C15H16N2O4. The molecule has 0 bridgehead atoms. The van der Waals surface area contributed by atoms with Crippen molar-refractivity contribution in [2.75, 3.05) is 7.05 Å². The number of oxazole rings is 1. The summed E-state index contributed by atoms with van der Waals surface area (Å²) in [5.41, 5.74) is 1.62. The number of amides is 1. The monoisotopic (exact) mass is 288 g/mol. The van der Waals surface area contributed by atoms with Gasteiger partial charge in [-0.1, -0.05) is 12.1 Å². The summed E-state index contributed by atoms with van der Waals surface area (Å²) in [6.45, 7) is 3.77. The van der Waals surface area contributed by atoms with Gasteiger partial charge in [0, 0.05) is 20.5 Å². The number of carboxylic acid groups (broad SMARTS) is 1. The summed E-state index contributed by atoms with van der Waals surface area (Å²) in [7, 11) is 1.66. The first kappa shape index (κ1) is 14.8. The van der Waals surface area contributed by atoms with Crippen LogP contribution in [-0.2, 0) is 6.54 Å². The Morgan fingerprint density at radius 3 is 2.33 bits per heavy atom. The molecule has 0 unspecified atom stereocenters. The van der Waals surface area contributed by atoms with Gasteiger partial charge in [-0.15, -0.1) is 0 Å². The fourth-order valence-electron chi connectivity index (χ4n) is 2.00. The Labute approximate surface area is 122 Å². The van der Waals surface area contributed by atoms with E-state index in [9.17, 15) is 9.59 Å². The number of nitrogens with zero attached hydrogens (tertiary/aromatic N) is 2. The van der Waals surface area contributed by atoms with Crippen LogP contribution in [-0.4, -0.2) is 33.9 Å². The van der Waals surface area contributed by atoms with Crippen LogP contribution in [0.4, 0.5) is 0 Å². The number of hydrogen-bond acceptors (Lipinski definition) is 4. The van der Waals surface area contributed by atoms with Gasteiger partial charge in [0.25, 0.3) is 5.91 Å². The SMILES string of the molecule is Cc1nc(C)c(C(=O)N(C)Cc2ccc(C(=O)O)cc2)o1. The highest BCUT2D eigenvalue weighted by molar-refractivity contribution is 5.92. The summed E-state index contributed by atoms with van der Waals surface area (Å²) in [4.78, 5) is 28.6. The van der Waals surface area contributed by atoms with Gasteiger partial charge in [-0.25, -0.2) is 9.78 Å². The summed E-state index contributed by atoms with van der Waals surface area (Å²) in [5.74, 6) is -0.540. The fraction of sp³-hybridized carbons (Fsp3) is 0.267. The van der Waals surface area contributed by atoms with Crippen LogP contribution in [0.3, 0.4) is 0 Å². The van der Waals surface area contributed by atoms with Gasteiger partial charge < -0.3 is 14.4 Å². The zero-order valence-corrected chi connectivity index (χ0v) is 12.1. The zero-order valence-electron chi connectivity index (χ0n) is 12.1. The normalized spacial score (nSPS) is 10.4. The van der Waals surface area contributed by atoms with Gasteiger partial charge in [-0.3, -0.25) is 4.79 Å². The molecule has 2 rings (SSSR count). The number of aromatic carboxylic acids is 1. The van der Waals surface area contributed by atoms with Crippen molar-refractivity contribution in [1.29, 1.82) is 0 Å². The van der Waals surface area contributed by atoms with E-state index >= 15 is 0 Å². The number of benzene rings is 1. The molecule has 0 fully saturated rings. The topological polar surface area (TPSA) is 83.6 Å². The van der Waals surface area contributed by atoms with Crippen LogP contribution in [0, 0.1) is 13.8 Å². The van der Waals surface area contributed by atoms with Gasteiger partial charge in [0.05, 0.1) is 11.3 Å². The van der Waals surface area contributed by atoms with Crippen molar-refractivity contribution in [3.05, 3.63) is 52.7 Å². The van der Waals surface area contributed by atoms with E-state index in [0.717, 1.165) is 5.56 Å². The molecule has 0 atom stereocenters. The van der Waals surface area contributed by atoms with Crippen molar-refractivity contribution in [3.63, 3.8) is 0 Å². The van der Waals surface area contributed by atoms with Crippen molar-refractivity contribution in [3.8, 4) is 0 Å². The first-order chi connectivity index (χ1) is 9.88. The van der Waals surface area contributed by atoms with Crippen LogP contribution in [0.25, 0.3) is 0 Å². The highest BCUT2D eigenvalue weighted by Gasteiger charge is 2.20. The smallest absolute Gasteiger partial charge is 0.335 e. The lowest BCUT2D eigenvalue weighted by molar-refractivity contribution is 0.0695. The lowest BCUT2D eigenvalue weighted by Gasteiger charge is -2.16. The Morgan fingerprint density at radius 1 is 1.24 bits per heavy atom. The van der Waals surface area contributed by atoms with E-state index in [-0.39, 0.29) is 17.2 Å². The molecule has 0 saturated carbocycles. The molecule has 1 aromatic heterocycles. The number of carboxylic acids is 1. The predicted octanol–water partition coefficient (Wildman–Crippen LogP) is 2.26. The van der Waals surface area contributed by atoms with Crippen molar-refractivity contribution in [1.82, 2.24) is 9.88 Å². The van der Waals surface area contributed by atoms with Crippen molar-refractivity contribution < 1.29 is 19.1 Å². The minimum absolute atomic E-state index is 0.217. The highest BCUT2D eigenvalue weighted by atomic mass is 16.4. The van der Waals surface area contributed by atoms with Crippen LogP contribution in [0.15, 0.2) is 28.7 Å². The van der Waals surface area contributed by atoms with Crippen LogP contribution in [0.5, 0.6) is 0 Å². The Morgan fingerprint density at radius 2 is 1.86 bits per heavy atom. The van der Waals surface area contributed by atoms with Crippen molar-refractivity contribution in [2.24, 2.45) is 0 Å². The molecule has 0 radical (unpaired) electrons. The fourth-order valence-corrected chi connectivity index (χ4v) is 2.00. The van der Waals surface area contributed by atoms with Crippen LogP contribution in [0.2, 0.25) is 0 Å². The van der Waals surface area contributed by atoms with Crippen LogP contribution >= 0.6 is 0 Å². The van der Waals surface area contributed by atoms with Gasteiger partial charge >= 0.3 is 5.97 Å². The molecule has 2 aromatic rings. The number of aryl methyl sites for hydroxylation is 2. The summed E-state index contributed by atoms with van der Waals surface area (Å²) in [6, 6.07) is 6.40. The van der Waals surface area contributed by atoms with Gasteiger partial charge in [0.15, 0.2) is 5.89 Å². The summed E-state index contributed by atoms with van der Waals surface area (Å²) < 4.78 is 5.31. The zero-order chi connectivity index (χ0) is 15.6. The molecule has 6 nitrogen and oxygen atoms in total. The van der Waals surface area contributed by atoms with E-state index < -0.39 is 5.97 Å². The predicted molar refractivity (Wildman–Crippen MR) is 75.2 cm³/mol. The molecule has 110 valence electrons. The highest BCUT2D eigenvalue weighted by Crippen LogP contribution is 2.14. The van der Waals surface area contributed by atoms with E-state index in [0.29, 0.717) is 18.1 Å². The molecule has 1 N–H and O–H groups in total. The number of carbonyl (C=O) groups excluding carboxylic acids is 1.